The Bertz CT molecular complexity index is 379. The van der Waals surface area contributed by atoms with Crippen LogP contribution in [-0.4, -0.2) is 54.3 Å². The molecule has 1 aromatic rings. The molecule has 0 saturated heterocycles. The van der Waals surface area contributed by atoms with Gasteiger partial charge in [-0.25, -0.2) is 4.98 Å². The molecule has 0 bridgehead atoms. The van der Waals surface area contributed by atoms with Crippen LogP contribution in [-0.2, 0) is 0 Å². The summed E-state index contributed by atoms with van der Waals surface area (Å²) in [5.41, 5.74) is -0.780. The molecule has 1 atom stereocenters. The Labute approximate surface area is 116 Å². The molecule has 0 aliphatic carbocycles. The second kappa shape index (κ2) is 7.31. The first-order valence-electron chi connectivity index (χ1n) is 6.75. The zero-order valence-corrected chi connectivity index (χ0v) is 12.4. The average molecular weight is 266 g/mol. The number of likely N-dealkylation sites (N-methyl/N-ethyl adjacent to an activating group) is 1. The minimum Gasteiger partial charge on any atom is -0.387 e. The Hall–Kier alpha value is -1.33. The van der Waals surface area contributed by atoms with Gasteiger partial charge in [0.2, 0.25) is 0 Å². The Kier molecular flexibility index (Phi) is 6.05. The van der Waals surface area contributed by atoms with Crippen molar-refractivity contribution in [1.29, 1.82) is 0 Å². The van der Waals surface area contributed by atoms with Crippen LogP contribution in [0.25, 0.3) is 0 Å². The number of aromatic nitrogens is 1. The Morgan fingerprint density at radius 3 is 2.47 bits per heavy atom. The standard InChI is InChI=1S/C14H26N4O/c1-5-9-15-12-7-6-8-13(17-12)16-10-14(2,19)11-18(3)4/h6-8,19H,5,9-11H2,1-4H3,(H2,15,16,17). The highest BCUT2D eigenvalue weighted by Gasteiger charge is 2.21. The van der Waals surface area contributed by atoms with E-state index in [4.69, 9.17) is 0 Å². The summed E-state index contributed by atoms with van der Waals surface area (Å²) in [5, 5.41) is 16.6. The molecule has 0 amide bonds. The van der Waals surface area contributed by atoms with Gasteiger partial charge in [0.1, 0.15) is 11.6 Å². The van der Waals surface area contributed by atoms with E-state index in [0.29, 0.717) is 13.1 Å². The van der Waals surface area contributed by atoms with E-state index in [1.165, 1.54) is 0 Å². The molecule has 108 valence electrons. The maximum Gasteiger partial charge on any atom is 0.128 e. The van der Waals surface area contributed by atoms with E-state index in [0.717, 1.165) is 24.6 Å². The van der Waals surface area contributed by atoms with Gasteiger partial charge < -0.3 is 20.6 Å². The number of rotatable bonds is 8. The van der Waals surface area contributed by atoms with E-state index in [9.17, 15) is 5.11 Å². The second-order valence-electron chi connectivity index (χ2n) is 5.42. The van der Waals surface area contributed by atoms with Crippen LogP contribution >= 0.6 is 0 Å². The first-order valence-corrected chi connectivity index (χ1v) is 6.75. The third kappa shape index (κ3) is 6.40. The van der Waals surface area contributed by atoms with E-state index >= 15 is 0 Å². The van der Waals surface area contributed by atoms with Crippen molar-refractivity contribution in [2.45, 2.75) is 25.9 Å². The molecule has 3 N–H and O–H groups in total. The van der Waals surface area contributed by atoms with Gasteiger partial charge in [-0.1, -0.05) is 13.0 Å². The normalized spacial score (nSPS) is 14.2. The Morgan fingerprint density at radius 1 is 1.26 bits per heavy atom. The summed E-state index contributed by atoms with van der Waals surface area (Å²) in [4.78, 5) is 6.41. The first-order chi connectivity index (χ1) is 8.93. The van der Waals surface area contributed by atoms with E-state index in [2.05, 4.69) is 22.5 Å². The molecule has 5 nitrogen and oxygen atoms in total. The quantitative estimate of drug-likeness (QED) is 0.667. The SMILES string of the molecule is CCCNc1cccc(NCC(C)(O)CN(C)C)n1. The number of nitrogens with zero attached hydrogens (tertiary/aromatic N) is 2. The van der Waals surface area contributed by atoms with Crippen LogP contribution in [0.1, 0.15) is 20.3 Å². The summed E-state index contributed by atoms with van der Waals surface area (Å²) >= 11 is 0. The summed E-state index contributed by atoms with van der Waals surface area (Å²) < 4.78 is 0. The summed E-state index contributed by atoms with van der Waals surface area (Å²) in [6, 6.07) is 5.80. The number of aliphatic hydroxyl groups is 1. The van der Waals surface area contributed by atoms with Crippen LogP contribution in [0.2, 0.25) is 0 Å². The fourth-order valence-corrected chi connectivity index (χ4v) is 1.90. The minimum atomic E-state index is -0.780. The Balaban J connectivity index is 2.52. The number of pyridine rings is 1. The zero-order valence-electron chi connectivity index (χ0n) is 12.4. The summed E-state index contributed by atoms with van der Waals surface area (Å²) in [7, 11) is 3.89. The molecule has 0 aromatic carbocycles. The molecule has 0 aliphatic heterocycles. The van der Waals surface area contributed by atoms with Gasteiger partial charge in [0, 0.05) is 19.6 Å². The van der Waals surface area contributed by atoms with Crippen molar-refractivity contribution < 1.29 is 5.11 Å². The van der Waals surface area contributed by atoms with Gasteiger partial charge >= 0.3 is 0 Å². The van der Waals surface area contributed by atoms with Crippen LogP contribution in [0.5, 0.6) is 0 Å². The first kappa shape index (κ1) is 15.7. The fourth-order valence-electron chi connectivity index (χ4n) is 1.90. The van der Waals surface area contributed by atoms with Gasteiger partial charge in [-0.05, 0) is 39.6 Å². The van der Waals surface area contributed by atoms with Crippen LogP contribution in [0.4, 0.5) is 11.6 Å². The highest BCUT2D eigenvalue weighted by Crippen LogP contribution is 2.11. The Morgan fingerprint density at radius 2 is 1.89 bits per heavy atom. The van der Waals surface area contributed by atoms with Gasteiger partial charge in [-0.15, -0.1) is 0 Å². The second-order valence-corrected chi connectivity index (χ2v) is 5.42. The summed E-state index contributed by atoms with van der Waals surface area (Å²) in [6.45, 7) is 5.92. The van der Waals surface area contributed by atoms with E-state index < -0.39 is 5.60 Å². The molecule has 0 radical (unpaired) electrons. The minimum absolute atomic E-state index is 0.468. The van der Waals surface area contributed by atoms with Gasteiger partial charge in [-0.2, -0.15) is 0 Å². The molecule has 5 heteroatoms. The lowest BCUT2D eigenvalue weighted by molar-refractivity contribution is 0.0459. The van der Waals surface area contributed by atoms with E-state index in [1.807, 2.05) is 44.1 Å². The lowest BCUT2D eigenvalue weighted by atomic mass is 10.1. The van der Waals surface area contributed by atoms with Gasteiger partial charge in [-0.3, -0.25) is 0 Å². The van der Waals surface area contributed by atoms with Crippen LogP contribution in [0, 0.1) is 0 Å². The lowest BCUT2D eigenvalue weighted by Crippen LogP contribution is -2.43. The number of nitrogens with one attached hydrogen (secondary N) is 2. The van der Waals surface area contributed by atoms with E-state index in [1.54, 1.807) is 0 Å². The number of anilines is 2. The van der Waals surface area contributed by atoms with Crippen LogP contribution in [0.15, 0.2) is 18.2 Å². The molecule has 0 saturated carbocycles. The average Bonchev–Trinajstić information content (AvgIpc) is 2.33. The van der Waals surface area contributed by atoms with Crippen molar-refractivity contribution in [3.8, 4) is 0 Å². The monoisotopic (exact) mass is 266 g/mol. The topological polar surface area (TPSA) is 60.4 Å². The molecular weight excluding hydrogens is 240 g/mol. The molecule has 0 spiro atoms. The third-order valence-corrected chi connectivity index (χ3v) is 2.61. The summed E-state index contributed by atoms with van der Waals surface area (Å²) in [5.74, 6) is 1.64. The van der Waals surface area contributed by atoms with Crippen molar-refractivity contribution in [1.82, 2.24) is 9.88 Å². The molecule has 1 rings (SSSR count). The fraction of sp³-hybridized carbons (Fsp3) is 0.643. The zero-order chi connectivity index (χ0) is 14.3. The molecule has 0 fully saturated rings. The lowest BCUT2D eigenvalue weighted by Gasteiger charge is -2.27. The van der Waals surface area contributed by atoms with Crippen molar-refractivity contribution in [3.05, 3.63) is 18.2 Å². The predicted octanol–water partition coefficient (Wildman–Crippen LogP) is 1.63. The summed E-state index contributed by atoms with van der Waals surface area (Å²) in [6.07, 6.45) is 1.07. The molecule has 1 heterocycles. The van der Waals surface area contributed by atoms with Crippen molar-refractivity contribution in [2.24, 2.45) is 0 Å². The van der Waals surface area contributed by atoms with Crippen molar-refractivity contribution in [3.63, 3.8) is 0 Å². The number of hydrogen-bond donors (Lipinski definition) is 3. The third-order valence-electron chi connectivity index (χ3n) is 2.61. The van der Waals surface area contributed by atoms with Crippen molar-refractivity contribution in [2.75, 3.05) is 44.4 Å². The largest absolute Gasteiger partial charge is 0.387 e. The molecule has 19 heavy (non-hydrogen) atoms. The van der Waals surface area contributed by atoms with E-state index in [-0.39, 0.29) is 0 Å². The molecule has 1 unspecified atom stereocenters. The number of hydrogen-bond acceptors (Lipinski definition) is 5. The molecule has 0 aliphatic rings. The maximum absolute atomic E-state index is 10.2. The highest BCUT2D eigenvalue weighted by atomic mass is 16.3. The van der Waals surface area contributed by atoms with Crippen LogP contribution < -0.4 is 10.6 Å². The molecule has 1 aromatic heterocycles. The predicted molar refractivity (Wildman–Crippen MR) is 80.7 cm³/mol. The van der Waals surface area contributed by atoms with Crippen molar-refractivity contribution >= 4 is 11.6 Å². The highest BCUT2D eigenvalue weighted by molar-refractivity contribution is 5.45. The van der Waals surface area contributed by atoms with Gasteiger partial charge in [0.05, 0.1) is 5.60 Å². The molecular formula is C14H26N4O. The van der Waals surface area contributed by atoms with Gasteiger partial charge in [0.25, 0.3) is 0 Å². The van der Waals surface area contributed by atoms with Gasteiger partial charge in [0.15, 0.2) is 0 Å². The maximum atomic E-state index is 10.2. The smallest absolute Gasteiger partial charge is 0.128 e. The van der Waals surface area contributed by atoms with Crippen LogP contribution in [0.3, 0.4) is 0 Å².